The van der Waals surface area contributed by atoms with Gasteiger partial charge in [-0.1, -0.05) is 0 Å². The second kappa shape index (κ2) is 5.32. The Balaban J connectivity index is 2.61. The lowest BCUT2D eigenvalue weighted by Gasteiger charge is -2.11. The lowest BCUT2D eigenvalue weighted by Crippen LogP contribution is -2.20. The van der Waals surface area contributed by atoms with Gasteiger partial charge < -0.3 is 10.2 Å². The minimum Gasteiger partial charge on any atom is -0.384 e. The van der Waals surface area contributed by atoms with Crippen molar-refractivity contribution in [1.29, 1.82) is 5.26 Å². The van der Waals surface area contributed by atoms with Crippen LogP contribution in [0.15, 0.2) is 18.2 Å². The zero-order valence-electron chi connectivity index (χ0n) is 8.92. The van der Waals surface area contributed by atoms with Crippen molar-refractivity contribution in [1.82, 2.24) is 4.90 Å². The summed E-state index contributed by atoms with van der Waals surface area (Å²) >= 11 is 0. The van der Waals surface area contributed by atoms with Gasteiger partial charge in [0, 0.05) is 18.8 Å². The molecular weight excluding hydrogens is 193 g/mol. The first kappa shape index (κ1) is 11.5. The van der Waals surface area contributed by atoms with Crippen LogP contribution in [0.2, 0.25) is 0 Å². The molecule has 0 atom stereocenters. The normalized spacial score (nSPS) is 10.1. The molecule has 0 aliphatic carbocycles. The summed E-state index contributed by atoms with van der Waals surface area (Å²) in [5.74, 6) is -0.388. The Hall–Kier alpha value is -1.60. The van der Waals surface area contributed by atoms with E-state index in [-0.39, 0.29) is 5.82 Å². The number of likely N-dealkylation sites (N-methyl/N-ethyl adjacent to an activating group) is 1. The summed E-state index contributed by atoms with van der Waals surface area (Å²) in [7, 11) is 3.93. The van der Waals surface area contributed by atoms with E-state index in [1.54, 1.807) is 6.07 Å². The Morgan fingerprint density at radius 2 is 2.13 bits per heavy atom. The average molecular weight is 207 g/mol. The Morgan fingerprint density at radius 1 is 1.40 bits per heavy atom. The lowest BCUT2D eigenvalue weighted by molar-refractivity contribution is 0.425. The van der Waals surface area contributed by atoms with Crippen LogP contribution in [0.5, 0.6) is 0 Å². The van der Waals surface area contributed by atoms with Crippen molar-refractivity contribution < 1.29 is 4.39 Å². The van der Waals surface area contributed by atoms with Gasteiger partial charge >= 0.3 is 0 Å². The molecule has 0 bridgehead atoms. The smallest absolute Gasteiger partial charge is 0.126 e. The van der Waals surface area contributed by atoms with E-state index < -0.39 is 0 Å². The Labute approximate surface area is 89.1 Å². The summed E-state index contributed by atoms with van der Waals surface area (Å²) < 4.78 is 13.0. The van der Waals surface area contributed by atoms with Crippen LogP contribution in [-0.2, 0) is 0 Å². The molecular formula is C11H14FN3. The molecule has 0 radical (unpaired) electrons. The summed E-state index contributed by atoms with van der Waals surface area (Å²) in [6, 6.07) is 6.16. The number of nitrogens with zero attached hydrogens (tertiary/aromatic N) is 2. The van der Waals surface area contributed by atoms with Crippen LogP contribution in [-0.4, -0.2) is 32.1 Å². The minimum absolute atomic E-state index is 0.336. The van der Waals surface area contributed by atoms with Crippen LogP contribution in [0.1, 0.15) is 5.56 Å². The third-order valence-corrected chi connectivity index (χ3v) is 1.92. The molecule has 0 unspecified atom stereocenters. The second-order valence-corrected chi connectivity index (χ2v) is 3.57. The zero-order valence-corrected chi connectivity index (χ0v) is 8.92. The topological polar surface area (TPSA) is 39.1 Å². The molecule has 0 spiro atoms. The number of nitriles is 1. The highest BCUT2D eigenvalue weighted by Crippen LogP contribution is 2.12. The van der Waals surface area contributed by atoms with Crippen molar-refractivity contribution in [3.63, 3.8) is 0 Å². The first-order valence-electron chi connectivity index (χ1n) is 4.71. The summed E-state index contributed by atoms with van der Waals surface area (Å²) in [5, 5.41) is 11.7. The number of hydrogen-bond donors (Lipinski definition) is 1. The van der Waals surface area contributed by atoms with Crippen LogP contribution in [0, 0.1) is 17.1 Å². The van der Waals surface area contributed by atoms with E-state index in [4.69, 9.17) is 5.26 Å². The molecule has 0 saturated heterocycles. The van der Waals surface area contributed by atoms with E-state index >= 15 is 0 Å². The summed E-state index contributed by atoms with van der Waals surface area (Å²) in [6.45, 7) is 1.58. The maximum atomic E-state index is 13.0. The first-order valence-corrected chi connectivity index (χ1v) is 4.71. The molecule has 0 saturated carbocycles. The first-order chi connectivity index (χ1) is 7.11. The van der Waals surface area contributed by atoms with Crippen molar-refractivity contribution in [2.24, 2.45) is 0 Å². The van der Waals surface area contributed by atoms with E-state index in [1.165, 1.54) is 12.1 Å². The molecule has 1 N–H and O–H groups in total. The maximum Gasteiger partial charge on any atom is 0.126 e. The highest BCUT2D eigenvalue weighted by Gasteiger charge is 1.99. The fourth-order valence-corrected chi connectivity index (χ4v) is 1.18. The van der Waals surface area contributed by atoms with E-state index in [0.717, 1.165) is 13.1 Å². The summed E-state index contributed by atoms with van der Waals surface area (Å²) in [4.78, 5) is 2.03. The SMILES string of the molecule is CN(C)CCNc1cc(F)cc(C#N)c1. The Morgan fingerprint density at radius 3 is 2.73 bits per heavy atom. The van der Waals surface area contributed by atoms with Crippen molar-refractivity contribution >= 4 is 5.69 Å². The minimum atomic E-state index is -0.388. The van der Waals surface area contributed by atoms with Crippen molar-refractivity contribution in [2.45, 2.75) is 0 Å². The molecule has 4 heteroatoms. The van der Waals surface area contributed by atoms with Gasteiger partial charge in [0.25, 0.3) is 0 Å². The highest BCUT2D eigenvalue weighted by atomic mass is 19.1. The predicted molar refractivity (Wildman–Crippen MR) is 58.2 cm³/mol. The molecule has 1 aromatic rings. The molecule has 80 valence electrons. The monoisotopic (exact) mass is 207 g/mol. The molecule has 15 heavy (non-hydrogen) atoms. The van der Waals surface area contributed by atoms with Crippen LogP contribution in [0.25, 0.3) is 0 Å². The van der Waals surface area contributed by atoms with Crippen molar-refractivity contribution in [3.05, 3.63) is 29.6 Å². The standard InChI is InChI=1S/C11H14FN3/c1-15(2)4-3-14-11-6-9(8-13)5-10(12)7-11/h5-7,14H,3-4H2,1-2H3. The predicted octanol–water partition coefficient (Wildman–Crippen LogP) is 1.67. The van der Waals surface area contributed by atoms with Crippen LogP contribution < -0.4 is 5.32 Å². The van der Waals surface area contributed by atoms with E-state index in [9.17, 15) is 4.39 Å². The Kier molecular flexibility index (Phi) is 4.07. The number of halogens is 1. The van der Waals surface area contributed by atoms with Crippen LogP contribution in [0.4, 0.5) is 10.1 Å². The van der Waals surface area contributed by atoms with Gasteiger partial charge in [0.15, 0.2) is 0 Å². The van der Waals surface area contributed by atoms with E-state index in [0.29, 0.717) is 11.3 Å². The van der Waals surface area contributed by atoms with Gasteiger partial charge in [0.1, 0.15) is 5.82 Å². The van der Waals surface area contributed by atoms with Gasteiger partial charge in [-0.2, -0.15) is 5.26 Å². The molecule has 3 nitrogen and oxygen atoms in total. The van der Waals surface area contributed by atoms with Crippen LogP contribution >= 0.6 is 0 Å². The highest BCUT2D eigenvalue weighted by molar-refractivity contribution is 5.49. The molecule has 0 fully saturated rings. The van der Waals surface area contributed by atoms with Gasteiger partial charge in [-0.15, -0.1) is 0 Å². The fourth-order valence-electron chi connectivity index (χ4n) is 1.18. The molecule has 0 aliphatic heterocycles. The quantitative estimate of drug-likeness (QED) is 0.816. The maximum absolute atomic E-state index is 13.0. The van der Waals surface area contributed by atoms with Gasteiger partial charge in [-0.05, 0) is 32.3 Å². The number of hydrogen-bond acceptors (Lipinski definition) is 3. The molecule has 0 aliphatic rings. The number of benzene rings is 1. The van der Waals surface area contributed by atoms with Gasteiger partial charge in [0.05, 0.1) is 11.6 Å². The van der Waals surface area contributed by atoms with Crippen LogP contribution in [0.3, 0.4) is 0 Å². The second-order valence-electron chi connectivity index (χ2n) is 3.57. The fraction of sp³-hybridized carbons (Fsp3) is 0.364. The Bertz CT molecular complexity index is 369. The van der Waals surface area contributed by atoms with Crippen molar-refractivity contribution in [2.75, 3.05) is 32.5 Å². The van der Waals surface area contributed by atoms with E-state index in [2.05, 4.69) is 5.32 Å². The summed E-state index contributed by atoms with van der Waals surface area (Å²) in [6.07, 6.45) is 0. The third kappa shape index (κ3) is 3.96. The van der Waals surface area contributed by atoms with Crippen molar-refractivity contribution in [3.8, 4) is 6.07 Å². The van der Waals surface area contributed by atoms with E-state index in [1.807, 2.05) is 25.1 Å². The number of nitrogens with one attached hydrogen (secondary N) is 1. The summed E-state index contributed by atoms with van der Waals surface area (Å²) in [5.41, 5.74) is 0.982. The lowest BCUT2D eigenvalue weighted by atomic mass is 10.2. The average Bonchev–Trinajstić information content (AvgIpc) is 2.16. The van der Waals surface area contributed by atoms with Gasteiger partial charge in [0.2, 0.25) is 0 Å². The number of anilines is 1. The molecule has 1 aromatic carbocycles. The zero-order chi connectivity index (χ0) is 11.3. The molecule has 0 aromatic heterocycles. The molecule has 0 amide bonds. The third-order valence-electron chi connectivity index (χ3n) is 1.92. The largest absolute Gasteiger partial charge is 0.384 e. The molecule has 0 heterocycles. The van der Waals surface area contributed by atoms with Gasteiger partial charge in [-0.25, -0.2) is 4.39 Å². The molecule has 1 rings (SSSR count). The van der Waals surface area contributed by atoms with Gasteiger partial charge in [-0.3, -0.25) is 0 Å². The number of rotatable bonds is 4.